The zero-order valence-electron chi connectivity index (χ0n) is 37.6. The smallest absolute Gasteiger partial charge is 0.101 e. The lowest BCUT2D eigenvalue weighted by molar-refractivity contribution is 0.745. The van der Waals surface area contributed by atoms with Crippen LogP contribution in [0.25, 0.3) is 104 Å². The van der Waals surface area contributed by atoms with Crippen molar-refractivity contribution in [3.8, 4) is 23.5 Å². The summed E-state index contributed by atoms with van der Waals surface area (Å²) in [6.45, 7) is 0. The van der Waals surface area contributed by atoms with Gasteiger partial charge in [-0.15, -0.1) is 0 Å². The van der Waals surface area contributed by atoms with Crippen LogP contribution in [0.5, 0.6) is 0 Å². The van der Waals surface area contributed by atoms with Gasteiger partial charge >= 0.3 is 0 Å². The number of aromatic nitrogens is 3. The summed E-state index contributed by atoms with van der Waals surface area (Å²) in [7, 11) is 0. The van der Waals surface area contributed by atoms with Gasteiger partial charge in [-0.2, -0.15) is 10.5 Å². The lowest BCUT2D eigenvalue weighted by Crippen LogP contribution is -2.30. The van der Waals surface area contributed by atoms with Crippen LogP contribution >= 0.6 is 0 Å². The molecule has 1 aliphatic carbocycles. The molecule has 6 heteroatoms. The van der Waals surface area contributed by atoms with Crippen molar-refractivity contribution in [1.29, 1.82) is 10.5 Å². The molecule has 3 aromatic heterocycles. The van der Waals surface area contributed by atoms with Crippen LogP contribution in [-0.4, -0.2) is 19.7 Å². The molecule has 10 aromatic carbocycles. The van der Waals surface area contributed by atoms with Gasteiger partial charge in [0.15, 0.2) is 0 Å². The number of benzene rings is 10. The molecule has 0 saturated heterocycles. The van der Waals surface area contributed by atoms with Crippen molar-refractivity contribution in [2.75, 3.05) is 4.90 Å². The molecule has 2 aliphatic rings. The second kappa shape index (κ2) is 14.4. The van der Waals surface area contributed by atoms with Gasteiger partial charge in [-0.25, -0.2) is 0 Å². The third kappa shape index (κ3) is 5.19. The minimum atomic E-state index is -0.152. The molecule has 6 nitrogen and oxygen atoms in total. The van der Waals surface area contributed by atoms with Gasteiger partial charge in [0.1, 0.15) is 12.1 Å². The van der Waals surface area contributed by atoms with Crippen LogP contribution in [0.3, 0.4) is 0 Å². The normalized spacial score (nSPS) is 15.4. The van der Waals surface area contributed by atoms with Crippen molar-refractivity contribution < 1.29 is 0 Å². The number of fused-ring (bicyclic) bond motifs is 16. The number of nitrogens with zero attached hydrogens (tertiary/aromatic N) is 6. The Labute approximate surface area is 401 Å². The third-order valence-corrected chi connectivity index (χ3v) is 15.2. The Morgan fingerprint density at radius 2 is 0.886 bits per heavy atom. The maximum absolute atomic E-state index is 11.3. The summed E-state index contributed by atoms with van der Waals surface area (Å²) >= 11 is 0. The zero-order chi connectivity index (χ0) is 46.2. The molecule has 2 unspecified atom stereocenters. The molecule has 70 heavy (non-hydrogen) atoms. The van der Waals surface area contributed by atoms with Crippen molar-refractivity contribution in [1.82, 2.24) is 13.7 Å². The Kier molecular flexibility index (Phi) is 7.94. The molecule has 13 aromatic rings. The largest absolute Gasteiger partial charge is 0.332 e. The van der Waals surface area contributed by atoms with Crippen LogP contribution < -0.4 is 4.90 Å². The van der Waals surface area contributed by atoms with Crippen LogP contribution in [0.1, 0.15) is 22.6 Å². The maximum Gasteiger partial charge on any atom is 0.101 e. The molecule has 1 aliphatic heterocycles. The topological polar surface area (TPSA) is 65.6 Å². The highest BCUT2D eigenvalue weighted by atomic mass is 15.2. The van der Waals surface area contributed by atoms with E-state index in [1.165, 1.54) is 32.5 Å². The van der Waals surface area contributed by atoms with Crippen LogP contribution in [0.4, 0.5) is 11.4 Å². The highest BCUT2D eigenvalue weighted by molar-refractivity contribution is 6.22. The molecule has 15 rings (SSSR count). The van der Waals surface area contributed by atoms with Gasteiger partial charge in [0.05, 0.1) is 61.6 Å². The number of nitriles is 2. The van der Waals surface area contributed by atoms with E-state index in [2.05, 4.69) is 237 Å². The number of para-hydroxylation sites is 4. The quantitative estimate of drug-likeness (QED) is 0.177. The average molecular weight is 891 g/mol. The lowest BCUT2D eigenvalue weighted by Gasteiger charge is -2.31. The highest BCUT2D eigenvalue weighted by Crippen LogP contribution is 2.53. The van der Waals surface area contributed by atoms with Crippen molar-refractivity contribution in [2.24, 2.45) is 0 Å². The van der Waals surface area contributed by atoms with Crippen LogP contribution in [0.15, 0.2) is 218 Å². The Morgan fingerprint density at radius 3 is 1.53 bits per heavy atom. The first-order chi connectivity index (χ1) is 34.7. The fourth-order valence-electron chi connectivity index (χ4n) is 12.3. The standard InChI is InChI=1S/C64H38N6/c65-37-41-34-62(70-58-32-28-44(36-52(58)64-46-16-4-2-14-40(46)26-30-60(64)70)68-55-23-11-7-19-49(55)50-20-8-12-24-56(50)68)42(38-66)33-61(41)69-57-31-27-43(35-51(57)63-45-15-3-1-13-39(45)25-29-59(63)69)67-53-21-9-5-17-47(53)48-18-6-10-22-54(48)67/h1-36,51,57H. The van der Waals surface area contributed by atoms with E-state index in [9.17, 15) is 10.5 Å². The molecular formula is C64H38N6. The number of hydrogen-bond donors (Lipinski definition) is 0. The van der Waals surface area contributed by atoms with Gasteiger partial charge in [-0.05, 0) is 99.9 Å². The van der Waals surface area contributed by atoms with E-state index in [1.54, 1.807) is 0 Å². The third-order valence-electron chi connectivity index (χ3n) is 15.2. The summed E-state index contributed by atoms with van der Waals surface area (Å²) in [6.07, 6.45) is 6.95. The van der Waals surface area contributed by atoms with Gasteiger partial charge < -0.3 is 18.6 Å². The summed E-state index contributed by atoms with van der Waals surface area (Å²) < 4.78 is 6.94. The van der Waals surface area contributed by atoms with E-state index in [0.29, 0.717) is 22.5 Å². The first kappa shape index (κ1) is 38.5. The molecule has 0 spiro atoms. The van der Waals surface area contributed by atoms with Crippen molar-refractivity contribution >= 4 is 104 Å². The minimum Gasteiger partial charge on any atom is -0.332 e. The van der Waals surface area contributed by atoms with E-state index in [-0.39, 0.29) is 12.0 Å². The molecule has 0 radical (unpaired) electrons. The van der Waals surface area contributed by atoms with Crippen LogP contribution in [0.2, 0.25) is 0 Å². The molecule has 2 atom stereocenters. The minimum absolute atomic E-state index is 0.0490. The van der Waals surface area contributed by atoms with Crippen LogP contribution in [0, 0.1) is 22.7 Å². The first-order valence-corrected chi connectivity index (χ1v) is 23.8. The molecule has 4 heterocycles. The number of anilines is 2. The van der Waals surface area contributed by atoms with E-state index < -0.39 is 0 Å². The Morgan fingerprint density at radius 1 is 0.386 bits per heavy atom. The highest BCUT2D eigenvalue weighted by Gasteiger charge is 2.41. The summed E-state index contributed by atoms with van der Waals surface area (Å²) in [4.78, 5) is 2.31. The van der Waals surface area contributed by atoms with Crippen molar-refractivity contribution in [3.05, 3.63) is 235 Å². The Bertz CT molecular complexity index is 4490. The van der Waals surface area contributed by atoms with Crippen LogP contribution in [-0.2, 0) is 0 Å². The molecule has 0 amide bonds. The predicted octanol–water partition coefficient (Wildman–Crippen LogP) is 15.8. The Hall–Kier alpha value is -9.62. The van der Waals surface area contributed by atoms with E-state index in [0.717, 1.165) is 77.1 Å². The monoisotopic (exact) mass is 890 g/mol. The molecule has 0 fully saturated rings. The van der Waals surface area contributed by atoms with E-state index in [1.807, 2.05) is 12.1 Å². The molecule has 0 saturated carbocycles. The summed E-state index contributed by atoms with van der Waals surface area (Å²) in [5, 5.41) is 34.3. The Balaban J connectivity index is 0.940. The number of hydrogen-bond acceptors (Lipinski definition) is 3. The molecular weight excluding hydrogens is 853 g/mol. The fraction of sp³-hybridized carbons (Fsp3) is 0.0312. The molecule has 324 valence electrons. The molecule has 0 bridgehead atoms. The van der Waals surface area contributed by atoms with E-state index >= 15 is 0 Å². The van der Waals surface area contributed by atoms with Crippen molar-refractivity contribution in [3.63, 3.8) is 0 Å². The number of rotatable bonds is 4. The average Bonchev–Trinajstić information content (AvgIpc) is 4.15. The second-order valence-electron chi connectivity index (χ2n) is 18.6. The van der Waals surface area contributed by atoms with Crippen molar-refractivity contribution in [2.45, 2.75) is 12.0 Å². The number of allylic oxidation sites excluding steroid dienone is 2. The van der Waals surface area contributed by atoms with E-state index in [4.69, 9.17) is 0 Å². The molecule has 0 N–H and O–H groups in total. The lowest BCUT2D eigenvalue weighted by atomic mass is 9.87. The summed E-state index contributed by atoms with van der Waals surface area (Å²) in [5.41, 5.74) is 13.3. The fourth-order valence-corrected chi connectivity index (χ4v) is 12.3. The predicted molar refractivity (Wildman–Crippen MR) is 288 cm³/mol. The summed E-state index contributed by atoms with van der Waals surface area (Å²) in [5.74, 6) is -0.0490. The SMILES string of the molecule is N#Cc1cc(-n2c3ccc(-n4c5ccccc5c5ccccc54)cc3c3c4ccccc4ccc32)c(C#N)cc1N1c2ccc3ccccc3c2C2C=C(n3c4ccccc4c4ccccc43)C=CC21. The maximum atomic E-state index is 11.3. The first-order valence-electron chi connectivity index (χ1n) is 23.8. The van der Waals surface area contributed by atoms with Gasteiger partial charge in [-0.3, -0.25) is 0 Å². The van der Waals surface area contributed by atoms with Gasteiger partial charge in [0.25, 0.3) is 0 Å². The zero-order valence-corrected chi connectivity index (χ0v) is 37.6. The summed E-state index contributed by atoms with van der Waals surface area (Å²) in [6, 6.07) is 75.9. The van der Waals surface area contributed by atoms with Gasteiger partial charge in [0, 0.05) is 55.3 Å². The van der Waals surface area contributed by atoms with Gasteiger partial charge in [0.2, 0.25) is 0 Å². The second-order valence-corrected chi connectivity index (χ2v) is 18.6. The van der Waals surface area contributed by atoms with Gasteiger partial charge in [-0.1, -0.05) is 146 Å².